The fourth-order valence-corrected chi connectivity index (χ4v) is 13.3. The van der Waals surface area contributed by atoms with E-state index in [9.17, 15) is 50.1 Å². The summed E-state index contributed by atoms with van der Waals surface area (Å²) in [5.41, 5.74) is -17.0. The van der Waals surface area contributed by atoms with Gasteiger partial charge in [0, 0.05) is 79.9 Å². The lowest BCUT2D eigenvalue weighted by Gasteiger charge is -2.65. The van der Waals surface area contributed by atoms with Gasteiger partial charge in [0.15, 0.2) is 22.5 Å². The number of phenols is 1. The number of phenolic OH excluding ortho intramolecular Hbond substituents is 1. The third kappa shape index (κ3) is 15.5. The van der Waals surface area contributed by atoms with Crippen molar-refractivity contribution in [2.75, 3.05) is 0 Å². The van der Waals surface area contributed by atoms with Gasteiger partial charge >= 0.3 is 47.6 Å². The van der Waals surface area contributed by atoms with Crippen LogP contribution in [-0.2, 0) is 19.8 Å². The van der Waals surface area contributed by atoms with Crippen molar-refractivity contribution in [3.05, 3.63) is 208 Å². The van der Waals surface area contributed by atoms with Gasteiger partial charge in [0.2, 0.25) is 11.6 Å². The predicted octanol–water partition coefficient (Wildman–Crippen LogP) is 8.56. The summed E-state index contributed by atoms with van der Waals surface area (Å²) in [7, 11) is 0. The number of aromatic hydroxyl groups is 1. The van der Waals surface area contributed by atoms with Crippen LogP contribution >= 0.6 is 0 Å². The number of rotatable bonds is 27. The molecule has 29 nitrogen and oxygen atoms in total. The molecule has 7 N–H and O–H groups in total. The molecule has 1 aliphatic heterocycles. The molecule has 0 bridgehead atoms. The fourth-order valence-electron chi connectivity index (χ4n) is 13.3. The van der Waals surface area contributed by atoms with E-state index in [4.69, 9.17) is 37.9 Å². The van der Waals surface area contributed by atoms with Gasteiger partial charge in [0.05, 0.1) is 38.9 Å². The maximum atomic E-state index is 17.5. The summed E-state index contributed by atoms with van der Waals surface area (Å²) >= 11 is 0. The molecule has 106 heavy (non-hydrogen) atoms. The van der Waals surface area contributed by atoms with Gasteiger partial charge in [0.1, 0.15) is 42.0 Å². The number of fused-ring (bicyclic) bond motifs is 1. The maximum absolute atomic E-state index is 17.5. The van der Waals surface area contributed by atoms with Crippen LogP contribution in [0.2, 0.25) is 0 Å². The number of aliphatic hydroxyl groups excluding tert-OH is 5. The van der Waals surface area contributed by atoms with Crippen molar-refractivity contribution in [2.24, 2.45) is 17.8 Å². The van der Waals surface area contributed by atoms with Gasteiger partial charge < -0.3 is 73.6 Å². The molecule has 7 aromatic heterocycles. The van der Waals surface area contributed by atoms with Crippen molar-refractivity contribution in [3.63, 3.8) is 0 Å². The number of esters is 7. The SMILES string of the molecule is Cc1c(C)c2c(c(C)c1O)C(OC(=O)c1cccnc1)(C1(O)C(O)C(O)C(O)C(O)C1O)C(OC(=O)c1cccnc1)(OC(=O)c1c(OC(=O)c3cccnc3)nc(OC(=O)c3cccnc3)c(OC(=O)c3cccnc3)c1OC(=O)c1cccnc1)[C@](C)(CCC[C@H](C)CCC[C@@H](C)CCCC(C)C)O2. The molecular formula is C77H81N7O22. The minimum Gasteiger partial charge on any atom is -0.507 e. The molecule has 10 rings (SSSR count). The molecule has 1 fully saturated rings. The van der Waals surface area contributed by atoms with Gasteiger partial charge in [-0.2, -0.15) is 4.98 Å². The predicted molar refractivity (Wildman–Crippen MR) is 371 cm³/mol. The summed E-state index contributed by atoms with van der Waals surface area (Å²) in [5.74, 6) is -21.2. The second-order valence-electron chi connectivity index (χ2n) is 27.0. The molecule has 556 valence electrons. The lowest BCUT2D eigenvalue weighted by atomic mass is 9.55. The minimum atomic E-state index is -4.26. The van der Waals surface area contributed by atoms with Crippen LogP contribution in [0.1, 0.15) is 187 Å². The van der Waals surface area contributed by atoms with E-state index in [0.717, 1.165) is 95.3 Å². The highest BCUT2D eigenvalue weighted by Gasteiger charge is 2.87. The van der Waals surface area contributed by atoms with E-state index in [1.807, 2.05) is 6.92 Å². The van der Waals surface area contributed by atoms with Gasteiger partial charge in [0.25, 0.3) is 11.5 Å². The number of carbonyl (C=O) groups is 7. The lowest BCUT2D eigenvalue weighted by molar-refractivity contribution is -0.419. The van der Waals surface area contributed by atoms with Crippen molar-refractivity contribution in [1.29, 1.82) is 0 Å². The smallest absolute Gasteiger partial charge is 0.351 e. The number of ether oxygens (including phenoxy) is 8. The zero-order valence-electron chi connectivity index (χ0n) is 59.2. The second-order valence-corrected chi connectivity index (χ2v) is 27.0. The molecule has 29 heteroatoms. The van der Waals surface area contributed by atoms with Crippen LogP contribution in [0.3, 0.4) is 0 Å². The van der Waals surface area contributed by atoms with E-state index < -0.39 is 169 Å². The molecule has 0 amide bonds. The Bertz CT molecular complexity index is 4480. The van der Waals surface area contributed by atoms with Crippen LogP contribution in [0.25, 0.3) is 0 Å². The van der Waals surface area contributed by atoms with Crippen LogP contribution in [0, 0.1) is 38.5 Å². The molecule has 6 unspecified atom stereocenters. The third-order valence-corrected chi connectivity index (χ3v) is 19.2. The van der Waals surface area contributed by atoms with Crippen LogP contribution in [0.5, 0.6) is 34.8 Å². The normalized spacial score (nSPS) is 22.3. The summed E-state index contributed by atoms with van der Waals surface area (Å²) in [6, 6.07) is 14.9. The first-order valence-corrected chi connectivity index (χ1v) is 34.3. The molecule has 1 aromatic carbocycles. The van der Waals surface area contributed by atoms with Crippen molar-refractivity contribution in [3.8, 4) is 34.8 Å². The molecule has 0 radical (unpaired) electrons. The summed E-state index contributed by atoms with van der Waals surface area (Å²) in [6.45, 7) is 13.6. The number of carbonyl (C=O) groups excluding carboxylic acids is 7. The summed E-state index contributed by atoms with van der Waals surface area (Å²) in [5, 5.41) is 89.6. The van der Waals surface area contributed by atoms with Crippen LogP contribution in [0.15, 0.2) is 147 Å². The molecule has 2 aliphatic rings. The van der Waals surface area contributed by atoms with E-state index in [2.05, 4.69) is 55.7 Å². The maximum Gasteiger partial charge on any atom is 0.351 e. The van der Waals surface area contributed by atoms with E-state index in [-0.39, 0.29) is 46.6 Å². The number of aromatic nitrogens is 7. The molecule has 0 saturated heterocycles. The molecule has 9 atom stereocenters. The largest absolute Gasteiger partial charge is 0.507 e. The van der Waals surface area contributed by atoms with E-state index in [1.54, 1.807) is 0 Å². The Morgan fingerprint density at radius 2 is 0.840 bits per heavy atom. The zero-order chi connectivity index (χ0) is 76.4. The summed E-state index contributed by atoms with van der Waals surface area (Å²) in [4.78, 5) is 137. The highest BCUT2D eigenvalue weighted by molar-refractivity contribution is 6.03. The average Bonchev–Trinajstić information content (AvgIpc) is 0.651. The Labute approximate surface area is 608 Å². The Hall–Kier alpha value is -11.1. The fraction of sp³-hybridized carbons (Fsp3) is 0.377. The van der Waals surface area contributed by atoms with Gasteiger partial charge in [-0.1, -0.05) is 72.6 Å². The standard InChI is InChI=1S/C77H81N7O22/c1-42(2)18-9-19-43(3)20-10-21-44(4)22-11-29-74(8)77(105-72(96)53-28-17-35-83-41-53,76(104-71(95)52-27-16-34-82-40-52,55-47(7)56(85)45(5)46(6)60(55)103-74)75(98)63(89)58(87)57(86)59(88)64(75)90)106-73(97)54-61(99-67(91)48-23-12-30-78-36-48)62(100-68(92)49-24-13-31-79-37-49)66(102-70(94)51-26-15-33-81-39-51)84-65(54)101-69(93)50-25-14-32-80-38-50/h12-17,23-28,30-44,57-59,63-64,85-90,98H,9-11,18-22,29H2,1-8H3/t43-,44+,57?,58?,59?,63?,64?,74-,75?,76?,77?/m0/s1. The molecule has 8 aromatic rings. The average molecular weight is 1460 g/mol. The monoisotopic (exact) mass is 1460 g/mol. The lowest BCUT2D eigenvalue weighted by Crippen LogP contribution is -2.87. The van der Waals surface area contributed by atoms with Crippen molar-refractivity contribution < 1.29 is 107 Å². The number of hydrogen-bond donors (Lipinski definition) is 7. The Balaban J connectivity index is 1.36. The summed E-state index contributed by atoms with van der Waals surface area (Å²) in [6.07, 6.45) is 3.87. The number of pyridine rings is 7. The summed E-state index contributed by atoms with van der Waals surface area (Å²) < 4.78 is 52.1. The molecule has 8 heterocycles. The number of aliphatic hydroxyl groups is 6. The molecule has 1 aliphatic carbocycles. The van der Waals surface area contributed by atoms with E-state index >= 15 is 19.2 Å². The van der Waals surface area contributed by atoms with Crippen molar-refractivity contribution in [2.45, 2.75) is 166 Å². The molecular weight excluding hydrogens is 1370 g/mol. The molecule has 0 spiro atoms. The van der Waals surface area contributed by atoms with E-state index in [1.165, 1.54) is 112 Å². The Kier molecular flexibility index (Phi) is 24.1. The highest BCUT2D eigenvalue weighted by Crippen LogP contribution is 2.66. The highest BCUT2D eigenvalue weighted by atomic mass is 16.8. The first kappa shape index (κ1) is 77.5. The van der Waals surface area contributed by atoms with Crippen LogP contribution in [-0.4, -0.2) is 160 Å². The van der Waals surface area contributed by atoms with Crippen molar-refractivity contribution >= 4 is 41.8 Å². The van der Waals surface area contributed by atoms with Gasteiger partial charge in [-0.25, -0.2) is 33.6 Å². The van der Waals surface area contributed by atoms with Gasteiger partial charge in [-0.15, -0.1) is 0 Å². The number of benzene rings is 1. The van der Waals surface area contributed by atoms with E-state index in [0.29, 0.717) is 18.3 Å². The third-order valence-electron chi connectivity index (χ3n) is 19.2. The minimum absolute atomic E-state index is 0.0334. The topological polar surface area (TPSA) is 425 Å². The van der Waals surface area contributed by atoms with Crippen LogP contribution in [0.4, 0.5) is 0 Å². The Morgan fingerprint density at radius 3 is 1.26 bits per heavy atom. The first-order valence-electron chi connectivity index (χ1n) is 34.3. The first-order chi connectivity index (χ1) is 50.6. The number of nitrogens with zero attached hydrogens (tertiary/aromatic N) is 7. The van der Waals surface area contributed by atoms with Crippen LogP contribution < -0.4 is 23.7 Å². The Morgan fingerprint density at radius 1 is 0.462 bits per heavy atom. The molecule has 1 saturated carbocycles. The van der Waals surface area contributed by atoms with Gasteiger partial charge in [-0.05, 0) is 142 Å². The second kappa shape index (κ2) is 32.9. The quantitative estimate of drug-likeness (QED) is 0.0187. The zero-order valence-corrected chi connectivity index (χ0v) is 59.2. The van der Waals surface area contributed by atoms with Gasteiger partial charge in [-0.3, -0.25) is 29.9 Å². The number of hydrogen-bond acceptors (Lipinski definition) is 29. The van der Waals surface area contributed by atoms with Crippen molar-refractivity contribution in [1.82, 2.24) is 34.9 Å².